The van der Waals surface area contributed by atoms with Crippen LogP contribution in [0.1, 0.15) is 15.4 Å². The van der Waals surface area contributed by atoms with Crippen molar-refractivity contribution >= 4 is 22.4 Å². The summed E-state index contributed by atoms with van der Waals surface area (Å²) in [5.41, 5.74) is 0.525. The van der Waals surface area contributed by atoms with Crippen LogP contribution in [0.15, 0.2) is 24.3 Å². The molecule has 0 unspecified atom stereocenters. The van der Waals surface area contributed by atoms with Crippen molar-refractivity contribution in [2.24, 2.45) is 0 Å². The maximum atomic E-state index is 11.9. The molecule has 0 saturated carbocycles. The molecule has 1 amide bonds. The third-order valence-corrected chi connectivity index (χ3v) is 2.83. The van der Waals surface area contributed by atoms with Crippen LogP contribution in [0.25, 0.3) is 0 Å². The zero-order valence-corrected chi connectivity index (χ0v) is 10.2. The number of nitrogens with zero attached hydrogens (tertiary/aromatic N) is 2. The van der Waals surface area contributed by atoms with Gasteiger partial charge in [0.25, 0.3) is 5.91 Å². The van der Waals surface area contributed by atoms with E-state index < -0.39 is 0 Å². The molecule has 0 atom stereocenters. The van der Waals surface area contributed by atoms with E-state index in [1.54, 1.807) is 31.4 Å². The molecule has 1 heterocycles. The molecule has 5 nitrogen and oxygen atoms in total. The van der Waals surface area contributed by atoms with E-state index in [-0.39, 0.29) is 5.91 Å². The van der Waals surface area contributed by atoms with Crippen LogP contribution in [0.4, 0.5) is 5.13 Å². The van der Waals surface area contributed by atoms with Crippen molar-refractivity contribution in [1.82, 2.24) is 10.2 Å². The average Bonchev–Trinajstić information content (AvgIpc) is 2.75. The fraction of sp³-hybridized carbons (Fsp3) is 0.182. The Morgan fingerprint density at radius 1 is 1.41 bits per heavy atom. The van der Waals surface area contributed by atoms with Gasteiger partial charge in [0.1, 0.15) is 10.8 Å². The molecule has 1 aromatic carbocycles. The summed E-state index contributed by atoms with van der Waals surface area (Å²) in [6, 6.07) is 6.93. The number of rotatable bonds is 3. The van der Waals surface area contributed by atoms with Crippen molar-refractivity contribution in [3.8, 4) is 5.75 Å². The normalized spacial score (nSPS) is 10.0. The van der Waals surface area contributed by atoms with Crippen LogP contribution in [-0.2, 0) is 0 Å². The highest BCUT2D eigenvalue weighted by Crippen LogP contribution is 2.17. The second-order valence-electron chi connectivity index (χ2n) is 3.31. The number of amides is 1. The number of ether oxygens (including phenoxy) is 1. The minimum atomic E-state index is -0.222. The number of hydrogen-bond donors (Lipinski definition) is 1. The first kappa shape index (κ1) is 11.5. The standard InChI is InChI=1S/C11H11N3O2S/c1-7-13-14-11(17-7)12-10(15)8-4-3-5-9(6-8)16-2/h3-6H,1-2H3,(H,12,14,15). The van der Waals surface area contributed by atoms with Crippen LogP contribution in [-0.4, -0.2) is 23.2 Å². The number of nitrogens with one attached hydrogen (secondary N) is 1. The first-order valence-electron chi connectivity index (χ1n) is 4.94. The Morgan fingerprint density at radius 3 is 2.88 bits per heavy atom. The largest absolute Gasteiger partial charge is 0.497 e. The van der Waals surface area contributed by atoms with Gasteiger partial charge in [-0.3, -0.25) is 10.1 Å². The molecule has 0 fully saturated rings. The van der Waals surface area contributed by atoms with Crippen LogP contribution in [0.2, 0.25) is 0 Å². The smallest absolute Gasteiger partial charge is 0.257 e. The third kappa shape index (κ3) is 2.79. The highest BCUT2D eigenvalue weighted by Gasteiger charge is 2.09. The minimum absolute atomic E-state index is 0.222. The summed E-state index contributed by atoms with van der Waals surface area (Å²) in [4.78, 5) is 11.9. The highest BCUT2D eigenvalue weighted by molar-refractivity contribution is 7.15. The highest BCUT2D eigenvalue weighted by atomic mass is 32.1. The van der Waals surface area contributed by atoms with Gasteiger partial charge in [0.2, 0.25) is 5.13 Å². The molecule has 1 N–H and O–H groups in total. The van der Waals surface area contributed by atoms with E-state index in [0.29, 0.717) is 16.4 Å². The van der Waals surface area contributed by atoms with Crippen LogP contribution >= 0.6 is 11.3 Å². The summed E-state index contributed by atoms with van der Waals surface area (Å²) >= 11 is 1.34. The maximum absolute atomic E-state index is 11.9. The van der Waals surface area contributed by atoms with Gasteiger partial charge in [-0.25, -0.2) is 0 Å². The van der Waals surface area contributed by atoms with Crippen molar-refractivity contribution in [1.29, 1.82) is 0 Å². The van der Waals surface area contributed by atoms with Gasteiger partial charge in [0.05, 0.1) is 7.11 Å². The number of anilines is 1. The van der Waals surface area contributed by atoms with Gasteiger partial charge in [-0.1, -0.05) is 17.4 Å². The Hall–Kier alpha value is -1.95. The summed E-state index contributed by atoms with van der Waals surface area (Å²) in [5.74, 6) is 0.422. The van der Waals surface area contributed by atoms with E-state index in [4.69, 9.17) is 4.74 Å². The Morgan fingerprint density at radius 2 is 2.24 bits per heavy atom. The monoisotopic (exact) mass is 249 g/mol. The maximum Gasteiger partial charge on any atom is 0.257 e. The fourth-order valence-corrected chi connectivity index (χ4v) is 1.87. The topological polar surface area (TPSA) is 64.1 Å². The predicted molar refractivity (Wildman–Crippen MR) is 65.6 cm³/mol. The molecule has 0 saturated heterocycles. The number of methoxy groups -OCH3 is 1. The summed E-state index contributed by atoms with van der Waals surface area (Å²) in [6.45, 7) is 1.83. The molecular weight excluding hydrogens is 238 g/mol. The third-order valence-electron chi connectivity index (χ3n) is 2.08. The van der Waals surface area contributed by atoms with Gasteiger partial charge < -0.3 is 4.74 Å². The van der Waals surface area contributed by atoms with E-state index in [9.17, 15) is 4.79 Å². The summed E-state index contributed by atoms with van der Waals surface area (Å²) in [5, 5.41) is 11.6. The Balaban J connectivity index is 2.14. The van der Waals surface area contributed by atoms with Crippen molar-refractivity contribution in [2.75, 3.05) is 12.4 Å². The molecule has 0 spiro atoms. The quantitative estimate of drug-likeness (QED) is 0.904. The number of aromatic nitrogens is 2. The number of carbonyl (C=O) groups excluding carboxylic acids is 1. The lowest BCUT2D eigenvalue weighted by Crippen LogP contribution is -2.11. The molecule has 88 valence electrons. The van der Waals surface area contributed by atoms with Gasteiger partial charge in [0.15, 0.2) is 0 Å². The van der Waals surface area contributed by atoms with E-state index >= 15 is 0 Å². The van der Waals surface area contributed by atoms with E-state index in [0.717, 1.165) is 5.01 Å². The Labute approximate surface area is 102 Å². The Bertz CT molecular complexity index is 539. The molecule has 1 aromatic heterocycles. The molecule has 0 aliphatic carbocycles. The molecule has 0 bridgehead atoms. The molecule has 0 aliphatic rings. The fourth-order valence-electron chi connectivity index (χ4n) is 1.28. The van der Waals surface area contributed by atoms with Crippen molar-refractivity contribution in [2.45, 2.75) is 6.92 Å². The van der Waals surface area contributed by atoms with Gasteiger partial charge in [-0.15, -0.1) is 10.2 Å². The van der Waals surface area contributed by atoms with Crippen molar-refractivity contribution in [3.05, 3.63) is 34.8 Å². The van der Waals surface area contributed by atoms with Crippen molar-refractivity contribution < 1.29 is 9.53 Å². The molecular formula is C11H11N3O2S. The Kier molecular flexibility index (Phi) is 3.34. The second-order valence-corrected chi connectivity index (χ2v) is 4.49. The van der Waals surface area contributed by atoms with E-state index in [1.165, 1.54) is 11.3 Å². The lowest BCUT2D eigenvalue weighted by molar-refractivity contribution is 0.102. The predicted octanol–water partition coefficient (Wildman–Crippen LogP) is 2.11. The van der Waals surface area contributed by atoms with Crippen LogP contribution in [0, 0.1) is 6.92 Å². The summed E-state index contributed by atoms with van der Waals surface area (Å²) < 4.78 is 5.05. The summed E-state index contributed by atoms with van der Waals surface area (Å²) in [6.07, 6.45) is 0. The van der Waals surface area contributed by atoms with Gasteiger partial charge in [-0.2, -0.15) is 0 Å². The molecule has 0 aliphatic heterocycles. The van der Waals surface area contributed by atoms with Gasteiger partial charge in [-0.05, 0) is 25.1 Å². The SMILES string of the molecule is COc1cccc(C(=O)Nc2nnc(C)s2)c1. The van der Waals surface area contributed by atoms with E-state index in [2.05, 4.69) is 15.5 Å². The molecule has 6 heteroatoms. The zero-order valence-electron chi connectivity index (χ0n) is 9.43. The number of benzene rings is 1. The van der Waals surface area contributed by atoms with Crippen LogP contribution in [0.5, 0.6) is 5.75 Å². The number of aryl methyl sites for hydroxylation is 1. The zero-order chi connectivity index (χ0) is 12.3. The second kappa shape index (κ2) is 4.92. The molecule has 0 radical (unpaired) electrons. The minimum Gasteiger partial charge on any atom is -0.497 e. The van der Waals surface area contributed by atoms with Crippen LogP contribution in [0.3, 0.4) is 0 Å². The lowest BCUT2D eigenvalue weighted by Gasteiger charge is -2.03. The number of carbonyl (C=O) groups is 1. The molecule has 17 heavy (non-hydrogen) atoms. The van der Waals surface area contributed by atoms with E-state index in [1.807, 2.05) is 6.92 Å². The molecule has 2 aromatic rings. The first-order chi connectivity index (χ1) is 8.19. The number of hydrogen-bond acceptors (Lipinski definition) is 5. The van der Waals surface area contributed by atoms with Crippen LogP contribution < -0.4 is 10.1 Å². The molecule has 2 rings (SSSR count). The lowest BCUT2D eigenvalue weighted by atomic mass is 10.2. The summed E-state index contributed by atoms with van der Waals surface area (Å²) in [7, 11) is 1.56. The van der Waals surface area contributed by atoms with Gasteiger partial charge in [0, 0.05) is 5.56 Å². The van der Waals surface area contributed by atoms with Gasteiger partial charge >= 0.3 is 0 Å². The average molecular weight is 249 g/mol. The van der Waals surface area contributed by atoms with Crippen molar-refractivity contribution in [3.63, 3.8) is 0 Å². The first-order valence-corrected chi connectivity index (χ1v) is 5.76.